The molecule has 0 saturated heterocycles. The van der Waals surface area contributed by atoms with E-state index in [0.717, 1.165) is 11.8 Å². The van der Waals surface area contributed by atoms with E-state index in [1.165, 1.54) is 13.8 Å². The fraction of sp³-hybridized carbons (Fsp3) is 0.438. The quantitative estimate of drug-likeness (QED) is 0.387. The van der Waals surface area contributed by atoms with Gasteiger partial charge in [-0.1, -0.05) is 42.1 Å². The zero-order chi connectivity index (χ0) is 19.7. The molecular formula is C16H20N2O7S. The lowest BCUT2D eigenvalue weighted by atomic mass is 10.1. The molecule has 10 heteroatoms. The van der Waals surface area contributed by atoms with Crippen LogP contribution in [0.4, 0.5) is 0 Å². The van der Waals surface area contributed by atoms with Crippen molar-refractivity contribution in [3.63, 3.8) is 0 Å². The molecule has 0 spiro atoms. The number of carbonyl (C=O) groups excluding carboxylic acids is 3. The Bertz CT molecular complexity index is 664. The van der Waals surface area contributed by atoms with E-state index < -0.39 is 28.6 Å². The van der Waals surface area contributed by atoms with Crippen LogP contribution < -0.4 is 5.32 Å². The first-order valence-electron chi connectivity index (χ1n) is 7.70. The summed E-state index contributed by atoms with van der Waals surface area (Å²) in [6.07, 6.45) is 0. The minimum atomic E-state index is -1.80. The number of thioether (sulfide) groups is 1. The Kier molecular flexibility index (Phi) is 8.04. The van der Waals surface area contributed by atoms with Crippen molar-refractivity contribution in [3.8, 4) is 0 Å². The van der Waals surface area contributed by atoms with Crippen molar-refractivity contribution < 1.29 is 29.0 Å². The summed E-state index contributed by atoms with van der Waals surface area (Å²) in [5, 5.41) is 11.4. The molecule has 1 unspecified atom stereocenters. The molecule has 0 aromatic heterocycles. The summed E-state index contributed by atoms with van der Waals surface area (Å²) in [5.74, 6) is -1.71. The fourth-order valence-electron chi connectivity index (χ4n) is 1.79. The number of carbonyl (C=O) groups is 3. The molecule has 9 nitrogen and oxygen atoms in total. The molecule has 26 heavy (non-hydrogen) atoms. The molecule has 142 valence electrons. The van der Waals surface area contributed by atoms with Crippen LogP contribution in [0.2, 0.25) is 0 Å². The third-order valence-electron chi connectivity index (χ3n) is 3.12. The Balaban J connectivity index is 2.79. The number of ether oxygens (including phenoxy) is 1. The van der Waals surface area contributed by atoms with Crippen LogP contribution in [0.5, 0.6) is 0 Å². The minimum absolute atomic E-state index is 0.0806. The number of nitrogens with zero attached hydrogens (tertiary/aromatic N) is 1. The van der Waals surface area contributed by atoms with Gasteiger partial charge in [0.1, 0.15) is 6.04 Å². The maximum absolute atomic E-state index is 12.2. The van der Waals surface area contributed by atoms with Crippen molar-refractivity contribution in [3.05, 3.63) is 46.0 Å². The van der Waals surface area contributed by atoms with Crippen molar-refractivity contribution in [2.24, 2.45) is 0 Å². The van der Waals surface area contributed by atoms with E-state index in [0.29, 0.717) is 5.56 Å². The van der Waals surface area contributed by atoms with Crippen LogP contribution in [0.25, 0.3) is 0 Å². The van der Waals surface area contributed by atoms with E-state index in [1.807, 2.05) is 0 Å². The molecule has 0 saturated carbocycles. The van der Waals surface area contributed by atoms with Gasteiger partial charge < -0.3 is 10.1 Å². The number of amides is 1. The van der Waals surface area contributed by atoms with Crippen LogP contribution >= 0.6 is 11.8 Å². The minimum Gasteiger partial charge on any atom is -0.464 e. The van der Waals surface area contributed by atoms with Crippen molar-refractivity contribution in [1.82, 2.24) is 5.32 Å². The van der Waals surface area contributed by atoms with Crippen LogP contribution in [-0.4, -0.2) is 46.1 Å². The summed E-state index contributed by atoms with van der Waals surface area (Å²) < 4.78 is 4.88. The summed E-state index contributed by atoms with van der Waals surface area (Å²) in [4.78, 5) is 51.2. The largest absolute Gasteiger partial charge is 0.464 e. The predicted molar refractivity (Wildman–Crippen MR) is 94.0 cm³/mol. The molecule has 1 rings (SSSR count). The van der Waals surface area contributed by atoms with Gasteiger partial charge in [0.2, 0.25) is 5.12 Å². The van der Waals surface area contributed by atoms with E-state index in [1.54, 1.807) is 37.3 Å². The first-order valence-corrected chi connectivity index (χ1v) is 8.69. The third kappa shape index (κ3) is 6.71. The van der Waals surface area contributed by atoms with Gasteiger partial charge in [0, 0.05) is 11.3 Å². The number of hydrogen-bond acceptors (Lipinski definition) is 8. The van der Waals surface area contributed by atoms with Crippen LogP contribution in [0.1, 0.15) is 31.1 Å². The van der Waals surface area contributed by atoms with Crippen LogP contribution in [0, 0.1) is 10.1 Å². The van der Waals surface area contributed by atoms with Gasteiger partial charge in [-0.15, -0.1) is 10.1 Å². The van der Waals surface area contributed by atoms with E-state index in [4.69, 9.17) is 4.74 Å². The number of rotatable bonds is 9. The summed E-state index contributed by atoms with van der Waals surface area (Å²) in [6, 6.07) is 7.27. The van der Waals surface area contributed by atoms with Gasteiger partial charge in [-0.2, -0.15) is 0 Å². The lowest BCUT2D eigenvalue weighted by Crippen LogP contribution is -2.52. The second-order valence-electron chi connectivity index (χ2n) is 5.57. The highest BCUT2D eigenvalue weighted by atomic mass is 32.2. The average Bonchev–Trinajstić information content (AvgIpc) is 2.57. The van der Waals surface area contributed by atoms with Crippen molar-refractivity contribution in [2.45, 2.75) is 32.4 Å². The topological polar surface area (TPSA) is 125 Å². The molecular weight excluding hydrogens is 364 g/mol. The molecule has 1 amide bonds. The van der Waals surface area contributed by atoms with Crippen LogP contribution in [-0.2, 0) is 19.2 Å². The zero-order valence-electron chi connectivity index (χ0n) is 14.6. The Hall–Kier alpha value is -2.62. The van der Waals surface area contributed by atoms with Gasteiger partial charge in [0.25, 0.3) is 11.0 Å². The Morgan fingerprint density at radius 3 is 2.42 bits per heavy atom. The standard InChI is InChI=1S/C16H20N2O7S/c1-4-24-13(19)12(17-15(21)16(2,3)25-18(22)23)10-26-14(20)11-8-6-5-7-9-11/h5-9,12H,4,10H2,1-3H3,(H,17,21). The molecule has 0 radical (unpaired) electrons. The molecule has 0 aliphatic carbocycles. The second kappa shape index (κ2) is 9.76. The highest BCUT2D eigenvalue weighted by Gasteiger charge is 2.35. The third-order valence-corrected chi connectivity index (χ3v) is 4.11. The van der Waals surface area contributed by atoms with E-state index in [9.17, 15) is 24.5 Å². The zero-order valence-corrected chi connectivity index (χ0v) is 15.4. The Labute approximate surface area is 154 Å². The fourth-order valence-corrected chi connectivity index (χ4v) is 2.63. The number of benzene rings is 1. The Morgan fingerprint density at radius 2 is 1.88 bits per heavy atom. The number of esters is 1. The van der Waals surface area contributed by atoms with Crippen molar-refractivity contribution >= 4 is 28.8 Å². The van der Waals surface area contributed by atoms with Gasteiger partial charge in [-0.25, -0.2) is 4.79 Å². The number of hydrogen-bond donors (Lipinski definition) is 1. The smallest absolute Gasteiger partial charge is 0.329 e. The first kappa shape index (κ1) is 21.4. The van der Waals surface area contributed by atoms with E-state index in [2.05, 4.69) is 10.2 Å². The molecule has 0 heterocycles. The second-order valence-corrected chi connectivity index (χ2v) is 6.56. The number of nitrogens with one attached hydrogen (secondary N) is 1. The highest BCUT2D eigenvalue weighted by Crippen LogP contribution is 2.15. The highest BCUT2D eigenvalue weighted by molar-refractivity contribution is 8.14. The van der Waals surface area contributed by atoms with Gasteiger partial charge in [0.05, 0.1) is 6.61 Å². The SMILES string of the molecule is CCOC(=O)C(CSC(=O)c1ccccc1)NC(=O)C(C)(C)O[N+](=O)[O-]. The molecule has 1 aromatic rings. The molecule has 0 fully saturated rings. The molecule has 0 bridgehead atoms. The predicted octanol–water partition coefficient (Wildman–Crippen LogP) is 1.59. The maximum atomic E-state index is 12.2. The molecule has 1 N–H and O–H groups in total. The lowest BCUT2D eigenvalue weighted by molar-refractivity contribution is -0.774. The Morgan fingerprint density at radius 1 is 1.27 bits per heavy atom. The molecule has 0 aliphatic heterocycles. The van der Waals surface area contributed by atoms with Gasteiger partial charge in [-0.05, 0) is 20.8 Å². The van der Waals surface area contributed by atoms with Gasteiger partial charge in [0.15, 0.2) is 5.60 Å². The molecule has 1 aromatic carbocycles. The van der Waals surface area contributed by atoms with Gasteiger partial charge >= 0.3 is 5.97 Å². The van der Waals surface area contributed by atoms with Crippen LogP contribution in [0.3, 0.4) is 0 Å². The molecule has 1 atom stereocenters. The van der Waals surface area contributed by atoms with Crippen LogP contribution in [0.15, 0.2) is 30.3 Å². The lowest BCUT2D eigenvalue weighted by Gasteiger charge is -2.24. The summed E-state index contributed by atoms with van der Waals surface area (Å²) in [7, 11) is 0. The van der Waals surface area contributed by atoms with Crippen molar-refractivity contribution in [2.75, 3.05) is 12.4 Å². The summed E-state index contributed by atoms with van der Waals surface area (Å²) >= 11 is 0.829. The average molecular weight is 384 g/mol. The maximum Gasteiger partial charge on any atom is 0.329 e. The van der Waals surface area contributed by atoms with Gasteiger partial charge in [-0.3, -0.25) is 14.4 Å². The normalized spacial score (nSPS) is 12.0. The summed E-state index contributed by atoms with van der Waals surface area (Å²) in [6.45, 7) is 4.06. The monoisotopic (exact) mass is 384 g/mol. The van der Waals surface area contributed by atoms with E-state index >= 15 is 0 Å². The van der Waals surface area contributed by atoms with Crippen molar-refractivity contribution in [1.29, 1.82) is 0 Å². The molecule has 0 aliphatic rings. The first-order chi connectivity index (χ1) is 12.2. The summed E-state index contributed by atoms with van der Waals surface area (Å²) in [5.41, 5.74) is -1.36. The van der Waals surface area contributed by atoms with E-state index in [-0.39, 0.29) is 17.5 Å².